The van der Waals surface area contributed by atoms with Gasteiger partial charge >= 0.3 is 0 Å². The molecule has 2 fully saturated rings. The van der Waals surface area contributed by atoms with E-state index in [4.69, 9.17) is 16.3 Å². The second-order valence-electron chi connectivity index (χ2n) is 5.47. The van der Waals surface area contributed by atoms with Crippen molar-refractivity contribution in [3.63, 3.8) is 0 Å². The van der Waals surface area contributed by atoms with Gasteiger partial charge in [0.1, 0.15) is 0 Å². The summed E-state index contributed by atoms with van der Waals surface area (Å²) in [5.41, 5.74) is 1.21. The summed E-state index contributed by atoms with van der Waals surface area (Å²) >= 11 is 6.26. The van der Waals surface area contributed by atoms with Crippen LogP contribution in [0.3, 0.4) is 0 Å². The van der Waals surface area contributed by atoms with E-state index in [2.05, 4.69) is 22.3 Å². The van der Waals surface area contributed by atoms with Crippen LogP contribution in [0, 0.1) is 0 Å². The fraction of sp³-hybridized carbons (Fsp3) is 0.600. The Kier molecular flexibility index (Phi) is 4.38. The Hall–Kier alpha value is -0.610. The van der Waals surface area contributed by atoms with Crippen molar-refractivity contribution < 1.29 is 4.74 Å². The molecule has 2 aliphatic rings. The van der Waals surface area contributed by atoms with Crippen LogP contribution in [0.4, 0.5) is 0 Å². The van der Waals surface area contributed by atoms with Gasteiger partial charge in [0, 0.05) is 36.7 Å². The van der Waals surface area contributed by atoms with E-state index in [1.54, 1.807) is 0 Å². The summed E-state index contributed by atoms with van der Waals surface area (Å²) in [5, 5.41) is 4.47. The second kappa shape index (κ2) is 6.23. The zero-order valence-corrected chi connectivity index (χ0v) is 11.9. The van der Waals surface area contributed by atoms with Gasteiger partial charge in [-0.1, -0.05) is 29.8 Å². The second-order valence-corrected chi connectivity index (χ2v) is 5.88. The molecule has 0 amide bonds. The molecule has 1 saturated heterocycles. The molecular formula is C15H21ClN2O. The molecule has 4 heteroatoms. The van der Waals surface area contributed by atoms with E-state index in [9.17, 15) is 0 Å². The molecule has 1 saturated carbocycles. The normalized spacial score (nSPS) is 24.6. The maximum Gasteiger partial charge on any atom is 0.0635 e. The number of benzene rings is 1. The first-order valence-corrected chi connectivity index (χ1v) is 7.49. The van der Waals surface area contributed by atoms with Crippen LogP contribution in [0.5, 0.6) is 0 Å². The minimum absolute atomic E-state index is 0.464. The van der Waals surface area contributed by atoms with Crippen LogP contribution in [-0.2, 0) is 11.3 Å². The van der Waals surface area contributed by atoms with E-state index < -0.39 is 0 Å². The first kappa shape index (κ1) is 13.4. The van der Waals surface area contributed by atoms with Crippen LogP contribution in [-0.4, -0.2) is 43.3 Å². The molecule has 1 atom stereocenters. The van der Waals surface area contributed by atoms with Crippen molar-refractivity contribution in [2.45, 2.75) is 31.5 Å². The first-order valence-electron chi connectivity index (χ1n) is 7.11. The van der Waals surface area contributed by atoms with Gasteiger partial charge in [-0.15, -0.1) is 0 Å². The van der Waals surface area contributed by atoms with Crippen LogP contribution < -0.4 is 5.32 Å². The van der Waals surface area contributed by atoms with Crippen LogP contribution in [0.15, 0.2) is 24.3 Å². The van der Waals surface area contributed by atoms with E-state index in [1.807, 2.05) is 12.1 Å². The molecule has 0 spiro atoms. The lowest BCUT2D eigenvalue weighted by molar-refractivity contribution is -0.0110. The Balaban J connectivity index is 1.60. The number of halogens is 1. The lowest BCUT2D eigenvalue weighted by Gasteiger charge is -2.36. The van der Waals surface area contributed by atoms with Gasteiger partial charge in [0.25, 0.3) is 0 Å². The summed E-state index contributed by atoms with van der Waals surface area (Å²) in [7, 11) is 0. The van der Waals surface area contributed by atoms with E-state index in [-0.39, 0.29) is 0 Å². The monoisotopic (exact) mass is 280 g/mol. The Labute approximate surface area is 119 Å². The van der Waals surface area contributed by atoms with Gasteiger partial charge in [-0.25, -0.2) is 0 Å². The molecule has 3 rings (SSSR count). The number of nitrogens with zero attached hydrogens (tertiary/aromatic N) is 1. The molecule has 104 valence electrons. The molecule has 1 aliphatic carbocycles. The Morgan fingerprint density at radius 1 is 1.32 bits per heavy atom. The van der Waals surface area contributed by atoms with E-state index >= 15 is 0 Å². The zero-order valence-electron chi connectivity index (χ0n) is 11.1. The molecule has 0 aromatic heterocycles. The summed E-state index contributed by atoms with van der Waals surface area (Å²) in [6.07, 6.45) is 2.66. The summed E-state index contributed by atoms with van der Waals surface area (Å²) in [4.78, 5) is 2.49. The molecule has 1 heterocycles. The Morgan fingerprint density at radius 2 is 2.16 bits per heavy atom. The molecule has 1 aliphatic heterocycles. The predicted molar refractivity (Wildman–Crippen MR) is 77.5 cm³/mol. The molecule has 0 bridgehead atoms. The van der Waals surface area contributed by atoms with Crippen LogP contribution >= 0.6 is 11.6 Å². The zero-order chi connectivity index (χ0) is 13.1. The highest BCUT2D eigenvalue weighted by atomic mass is 35.5. The maximum absolute atomic E-state index is 6.26. The molecular weight excluding hydrogens is 260 g/mol. The van der Waals surface area contributed by atoms with Gasteiger partial charge in [0.15, 0.2) is 0 Å². The number of hydrogen-bond donors (Lipinski definition) is 1. The molecule has 3 nitrogen and oxygen atoms in total. The average molecular weight is 281 g/mol. The summed E-state index contributed by atoms with van der Waals surface area (Å²) in [6, 6.07) is 9.34. The topological polar surface area (TPSA) is 24.5 Å². The van der Waals surface area contributed by atoms with Crippen molar-refractivity contribution >= 4 is 11.6 Å². The minimum atomic E-state index is 0.464. The summed E-state index contributed by atoms with van der Waals surface area (Å²) in [5.74, 6) is 0. The van der Waals surface area contributed by atoms with E-state index in [1.165, 1.54) is 18.4 Å². The molecule has 19 heavy (non-hydrogen) atoms. The number of rotatable bonds is 5. The average Bonchev–Trinajstić information content (AvgIpc) is 3.24. The van der Waals surface area contributed by atoms with Gasteiger partial charge in [0.2, 0.25) is 0 Å². The quantitative estimate of drug-likeness (QED) is 0.896. The molecule has 1 aromatic rings. The van der Waals surface area contributed by atoms with Crippen molar-refractivity contribution in [2.75, 3.05) is 26.3 Å². The highest BCUT2D eigenvalue weighted by Gasteiger charge is 2.27. The lowest BCUT2D eigenvalue weighted by Crippen LogP contribution is -2.50. The maximum atomic E-state index is 6.26. The highest BCUT2D eigenvalue weighted by Crippen LogP contribution is 2.21. The third-order valence-corrected chi connectivity index (χ3v) is 4.27. The van der Waals surface area contributed by atoms with Gasteiger partial charge in [-0.05, 0) is 24.5 Å². The van der Waals surface area contributed by atoms with Crippen molar-refractivity contribution in [1.82, 2.24) is 10.2 Å². The minimum Gasteiger partial charge on any atom is -0.378 e. The van der Waals surface area contributed by atoms with Gasteiger partial charge < -0.3 is 10.1 Å². The molecule has 1 aromatic carbocycles. The number of hydrogen-bond acceptors (Lipinski definition) is 3. The van der Waals surface area contributed by atoms with E-state index in [0.29, 0.717) is 6.04 Å². The molecule has 1 unspecified atom stereocenters. The smallest absolute Gasteiger partial charge is 0.0635 e. The van der Waals surface area contributed by atoms with Crippen molar-refractivity contribution in [3.05, 3.63) is 34.9 Å². The largest absolute Gasteiger partial charge is 0.378 e. The van der Waals surface area contributed by atoms with Crippen molar-refractivity contribution in [2.24, 2.45) is 0 Å². The van der Waals surface area contributed by atoms with Gasteiger partial charge in [-0.2, -0.15) is 0 Å². The predicted octanol–water partition coefficient (Wildman–Crippen LogP) is 2.29. The standard InChI is InChI=1S/C15H21ClN2O/c16-15-4-2-1-3-12(15)10-18-7-8-19-11-14(18)9-17-13-5-6-13/h1-4,13-14,17H,5-11H2. The fourth-order valence-corrected chi connectivity index (χ4v) is 2.72. The lowest BCUT2D eigenvalue weighted by atomic mass is 10.1. The SMILES string of the molecule is Clc1ccccc1CN1CCOCC1CNC1CC1. The fourth-order valence-electron chi connectivity index (χ4n) is 2.52. The van der Waals surface area contributed by atoms with E-state index in [0.717, 1.165) is 43.9 Å². The summed E-state index contributed by atoms with van der Waals surface area (Å²) < 4.78 is 5.62. The first-order chi connectivity index (χ1) is 9.33. The molecule has 1 N–H and O–H groups in total. The van der Waals surface area contributed by atoms with Crippen molar-refractivity contribution in [1.29, 1.82) is 0 Å². The van der Waals surface area contributed by atoms with Crippen LogP contribution in [0.25, 0.3) is 0 Å². The van der Waals surface area contributed by atoms with Crippen LogP contribution in [0.2, 0.25) is 5.02 Å². The number of nitrogens with one attached hydrogen (secondary N) is 1. The van der Waals surface area contributed by atoms with Crippen LogP contribution in [0.1, 0.15) is 18.4 Å². The van der Waals surface area contributed by atoms with Gasteiger partial charge in [-0.3, -0.25) is 4.90 Å². The number of morpholine rings is 1. The summed E-state index contributed by atoms with van der Waals surface area (Å²) in [6.45, 7) is 4.58. The van der Waals surface area contributed by atoms with Gasteiger partial charge in [0.05, 0.1) is 13.2 Å². The highest BCUT2D eigenvalue weighted by molar-refractivity contribution is 6.31. The Bertz CT molecular complexity index is 422. The third-order valence-electron chi connectivity index (χ3n) is 3.90. The molecule has 0 radical (unpaired) electrons. The Morgan fingerprint density at radius 3 is 2.95 bits per heavy atom. The number of ether oxygens (including phenoxy) is 1. The third kappa shape index (κ3) is 3.69. The van der Waals surface area contributed by atoms with Crippen molar-refractivity contribution in [3.8, 4) is 0 Å².